The van der Waals surface area contributed by atoms with Crippen LogP contribution >= 0.6 is 0 Å². The number of nitrogens with zero attached hydrogens (tertiary/aromatic N) is 3. The number of hydrogen-bond acceptors (Lipinski definition) is 2. The van der Waals surface area contributed by atoms with Crippen molar-refractivity contribution < 1.29 is 0 Å². The highest BCUT2D eigenvalue weighted by Crippen LogP contribution is 2.61. The van der Waals surface area contributed by atoms with Gasteiger partial charge in [-0.1, -0.05) is 60.7 Å². The van der Waals surface area contributed by atoms with E-state index < -0.39 is 0 Å². The molecule has 5 aliphatic rings. The average Bonchev–Trinajstić information content (AvgIpc) is 3.24. The lowest BCUT2D eigenvalue weighted by molar-refractivity contribution is -0.0120. The maximum absolute atomic E-state index is 5.00. The predicted molar refractivity (Wildman–Crippen MR) is 122 cm³/mol. The Bertz CT molecular complexity index is 1050. The van der Waals surface area contributed by atoms with Gasteiger partial charge in [0.2, 0.25) is 0 Å². The Labute approximate surface area is 184 Å². The number of aryl methyl sites for hydroxylation is 1. The van der Waals surface area contributed by atoms with Crippen molar-refractivity contribution >= 4 is 0 Å². The van der Waals surface area contributed by atoms with E-state index in [-0.39, 0.29) is 5.41 Å². The lowest BCUT2D eigenvalue weighted by Crippen LogP contribution is -2.50. The predicted octanol–water partition coefficient (Wildman–Crippen LogP) is 6.07. The topological polar surface area (TPSA) is 30.7 Å². The van der Waals surface area contributed by atoms with Gasteiger partial charge in [0.1, 0.15) is 11.6 Å². The molecule has 8 rings (SSSR count). The van der Waals surface area contributed by atoms with Crippen LogP contribution in [0.25, 0.3) is 0 Å². The third kappa shape index (κ3) is 2.78. The first kappa shape index (κ1) is 18.2. The molecule has 4 fully saturated rings. The fraction of sp³-hybridized carbons (Fsp3) is 0.500. The van der Waals surface area contributed by atoms with E-state index in [0.29, 0.717) is 12.0 Å². The first-order valence-corrected chi connectivity index (χ1v) is 12.3. The summed E-state index contributed by atoms with van der Waals surface area (Å²) in [4.78, 5) is 0. The molecule has 2 aromatic carbocycles. The van der Waals surface area contributed by atoms with Crippen molar-refractivity contribution in [2.45, 2.75) is 68.7 Å². The van der Waals surface area contributed by atoms with Crippen LogP contribution in [-0.4, -0.2) is 14.8 Å². The summed E-state index contributed by atoms with van der Waals surface area (Å²) in [7, 11) is 0. The van der Waals surface area contributed by atoms with Crippen LogP contribution < -0.4 is 0 Å². The Balaban J connectivity index is 1.39. The first-order valence-electron chi connectivity index (χ1n) is 12.3. The summed E-state index contributed by atoms with van der Waals surface area (Å²) in [6.07, 6.45) is 10.6. The Morgan fingerprint density at radius 2 is 1.29 bits per heavy atom. The Kier molecular flexibility index (Phi) is 3.98. The second-order valence-corrected chi connectivity index (χ2v) is 10.9. The summed E-state index contributed by atoms with van der Waals surface area (Å²) in [5, 5.41) is 9.84. The molecule has 1 aliphatic heterocycles. The van der Waals surface area contributed by atoms with E-state index in [1.54, 1.807) is 0 Å². The largest absolute Gasteiger partial charge is 0.306 e. The molecule has 0 amide bonds. The zero-order valence-corrected chi connectivity index (χ0v) is 18.2. The number of rotatable bonds is 3. The molecule has 0 radical (unpaired) electrons. The van der Waals surface area contributed by atoms with Gasteiger partial charge in [-0.2, -0.15) is 0 Å². The summed E-state index contributed by atoms with van der Waals surface area (Å²) in [6.45, 7) is 0. The fourth-order valence-electron chi connectivity index (χ4n) is 8.24. The van der Waals surface area contributed by atoms with Crippen molar-refractivity contribution in [3.63, 3.8) is 0 Å². The summed E-state index contributed by atoms with van der Waals surface area (Å²) < 4.78 is 2.63. The highest BCUT2D eigenvalue weighted by atomic mass is 15.3. The Morgan fingerprint density at radius 1 is 0.710 bits per heavy atom. The number of benzene rings is 2. The molecule has 2 atom stereocenters. The smallest absolute Gasteiger partial charge is 0.139 e. The van der Waals surface area contributed by atoms with Crippen LogP contribution in [0, 0.1) is 17.8 Å². The molecule has 4 bridgehead atoms. The fourth-order valence-corrected chi connectivity index (χ4v) is 8.24. The molecular weight excluding hydrogens is 378 g/mol. The van der Waals surface area contributed by atoms with E-state index in [0.717, 1.165) is 30.6 Å². The molecule has 3 nitrogen and oxygen atoms in total. The van der Waals surface area contributed by atoms with Crippen LogP contribution in [0.1, 0.15) is 79.7 Å². The van der Waals surface area contributed by atoms with Gasteiger partial charge in [0.05, 0.1) is 6.04 Å². The zero-order valence-electron chi connectivity index (χ0n) is 18.2. The Morgan fingerprint density at radius 3 is 1.90 bits per heavy atom. The van der Waals surface area contributed by atoms with Crippen LogP contribution in [-0.2, 0) is 11.8 Å². The van der Waals surface area contributed by atoms with Crippen molar-refractivity contribution in [1.29, 1.82) is 0 Å². The molecule has 2 heterocycles. The molecule has 4 saturated carbocycles. The molecular formula is C28H31N3. The molecule has 0 saturated heterocycles. The quantitative estimate of drug-likeness (QED) is 0.526. The van der Waals surface area contributed by atoms with Gasteiger partial charge in [-0.25, -0.2) is 0 Å². The normalized spacial score (nSPS) is 35.8. The molecule has 1 aromatic heterocycles. The molecule has 3 aromatic rings. The molecule has 4 aliphatic carbocycles. The van der Waals surface area contributed by atoms with E-state index in [4.69, 9.17) is 10.2 Å². The van der Waals surface area contributed by atoms with E-state index in [1.165, 1.54) is 61.3 Å². The monoisotopic (exact) mass is 409 g/mol. The van der Waals surface area contributed by atoms with Crippen LogP contribution in [0.3, 0.4) is 0 Å². The minimum Gasteiger partial charge on any atom is -0.306 e. The summed E-state index contributed by atoms with van der Waals surface area (Å²) in [5.41, 5.74) is 3.13. The average molecular weight is 410 g/mol. The highest BCUT2D eigenvalue weighted by molar-refractivity contribution is 5.33. The Hall–Kier alpha value is -2.42. The lowest BCUT2D eigenvalue weighted by atomic mass is 9.49. The second-order valence-electron chi connectivity index (χ2n) is 10.9. The second kappa shape index (κ2) is 6.79. The van der Waals surface area contributed by atoms with E-state index in [9.17, 15) is 0 Å². The van der Waals surface area contributed by atoms with E-state index in [1.807, 2.05) is 0 Å². The number of fused-ring (bicyclic) bond motifs is 1. The third-order valence-electron chi connectivity index (χ3n) is 8.99. The maximum Gasteiger partial charge on any atom is 0.139 e. The van der Waals surface area contributed by atoms with Gasteiger partial charge in [0.15, 0.2) is 0 Å². The van der Waals surface area contributed by atoms with Gasteiger partial charge in [0, 0.05) is 17.8 Å². The molecule has 31 heavy (non-hydrogen) atoms. The number of hydrogen-bond donors (Lipinski definition) is 0. The molecule has 3 heteroatoms. The molecule has 2 unspecified atom stereocenters. The van der Waals surface area contributed by atoms with Crippen LogP contribution in [0.15, 0.2) is 60.7 Å². The van der Waals surface area contributed by atoms with Crippen molar-refractivity contribution in [3.8, 4) is 0 Å². The van der Waals surface area contributed by atoms with Crippen molar-refractivity contribution in [2.24, 2.45) is 17.8 Å². The minimum absolute atomic E-state index is 0.269. The van der Waals surface area contributed by atoms with Crippen molar-refractivity contribution in [1.82, 2.24) is 14.8 Å². The highest BCUT2D eigenvalue weighted by Gasteiger charge is 2.54. The van der Waals surface area contributed by atoms with Crippen LogP contribution in [0.5, 0.6) is 0 Å². The van der Waals surface area contributed by atoms with E-state index in [2.05, 4.69) is 65.2 Å². The van der Waals surface area contributed by atoms with Gasteiger partial charge in [-0.3, -0.25) is 0 Å². The van der Waals surface area contributed by atoms with Crippen molar-refractivity contribution in [2.75, 3.05) is 0 Å². The van der Waals surface area contributed by atoms with Crippen molar-refractivity contribution in [3.05, 3.63) is 83.4 Å². The van der Waals surface area contributed by atoms with Crippen LogP contribution in [0.2, 0.25) is 0 Å². The SMILES string of the molecule is c1ccc(C2CCc3nnc(C45CC6CC(CC(C6)C4)C5)n3C2c2ccccc2)cc1. The molecule has 0 N–H and O–H groups in total. The third-order valence-corrected chi connectivity index (χ3v) is 8.99. The van der Waals surface area contributed by atoms with E-state index >= 15 is 0 Å². The molecule has 0 spiro atoms. The number of aromatic nitrogens is 3. The summed E-state index contributed by atoms with van der Waals surface area (Å²) in [6, 6.07) is 22.6. The summed E-state index contributed by atoms with van der Waals surface area (Å²) >= 11 is 0. The van der Waals surface area contributed by atoms with Crippen LogP contribution in [0.4, 0.5) is 0 Å². The standard InChI is InChI=1S/C28H31N3/c1-3-7-22(8-4-1)24-11-12-25-29-30-27(31(25)26(24)23-9-5-2-6-10-23)28-16-19-13-20(17-28)15-21(14-19)18-28/h1-10,19-21,24,26H,11-18H2. The van der Waals surface area contributed by atoms with Gasteiger partial charge in [0.25, 0.3) is 0 Å². The lowest BCUT2D eigenvalue weighted by Gasteiger charge is -2.56. The summed E-state index contributed by atoms with van der Waals surface area (Å²) in [5.74, 6) is 5.77. The zero-order chi connectivity index (χ0) is 20.4. The van der Waals surface area contributed by atoms with Gasteiger partial charge in [-0.15, -0.1) is 10.2 Å². The van der Waals surface area contributed by atoms with Gasteiger partial charge in [-0.05, 0) is 73.8 Å². The first-order chi connectivity index (χ1) is 15.3. The minimum atomic E-state index is 0.269. The molecule has 158 valence electrons. The maximum atomic E-state index is 5.00. The van der Waals surface area contributed by atoms with Gasteiger partial charge >= 0.3 is 0 Å². The van der Waals surface area contributed by atoms with Gasteiger partial charge < -0.3 is 4.57 Å².